The lowest BCUT2D eigenvalue weighted by Gasteiger charge is -2.33. The Bertz CT molecular complexity index is 357. The van der Waals surface area contributed by atoms with Gasteiger partial charge in [0.25, 0.3) is 0 Å². The van der Waals surface area contributed by atoms with Crippen molar-refractivity contribution in [3.05, 3.63) is 18.2 Å². The van der Waals surface area contributed by atoms with Crippen LogP contribution < -0.4 is 5.73 Å². The second-order valence-corrected chi connectivity index (χ2v) is 4.70. The summed E-state index contributed by atoms with van der Waals surface area (Å²) in [6.45, 7) is 4.49. The van der Waals surface area contributed by atoms with Crippen LogP contribution in [-0.2, 0) is 6.42 Å². The monoisotopic (exact) mass is 251 g/mol. The van der Waals surface area contributed by atoms with E-state index in [2.05, 4.69) is 14.9 Å². The molecule has 18 heavy (non-hydrogen) atoms. The van der Waals surface area contributed by atoms with Gasteiger partial charge in [0.1, 0.15) is 0 Å². The Balaban J connectivity index is 1.57. The fourth-order valence-electron chi connectivity index (χ4n) is 2.26. The Labute approximate surface area is 107 Å². The molecule has 1 aromatic rings. The van der Waals surface area contributed by atoms with Gasteiger partial charge in [0.05, 0.1) is 6.33 Å². The summed E-state index contributed by atoms with van der Waals surface area (Å²) in [6, 6.07) is -0.297. The van der Waals surface area contributed by atoms with Crippen molar-refractivity contribution in [1.82, 2.24) is 19.8 Å². The van der Waals surface area contributed by atoms with E-state index in [0.717, 1.165) is 45.6 Å². The number of primary amides is 1. The quantitative estimate of drug-likeness (QED) is 0.745. The van der Waals surface area contributed by atoms with Crippen molar-refractivity contribution in [1.29, 1.82) is 0 Å². The molecule has 0 saturated carbocycles. The molecular formula is C12H21N5O. The number of amides is 2. The number of carbonyl (C=O) groups is 1. The maximum Gasteiger partial charge on any atom is 0.314 e. The molecule has 3 N–H and O–H groups in total. The Hall–Kier alpha value is -1.56. The molecule has 2 rings (SSSR count). The highest BCUT2D eigenvalue weighted by atomic mass is 16.2. The first kappa shape index (κ1) is 12.9. The Kier molecular flexibility index (Phi) is 4.58. The van der Waals surface area contributed by atoms with E-state index in [1.54, 1.807) is 11.2 Å². The van der Waals surface area contributed by atoms with Crippen LogP contribution in [0.5, 0.6) is 0 Å². The van der Waals surface area contributed by atoms with Crippen LogP contribution in [0.15, 0.2) is 12.5 Å². The molecule has 1 fully saturated rings. The molecule has 0 aliphatic carbocycles. The molecule has 2 heterocycles. The number of unbranched alkanes of at least 4 members (excludes halogenated alkanes) is 1. The zero-order chi connectivity index (χ0) is 12.8. The van der Waals surface area contributed by atoms with Crippen LogP contribution >= 0.6 is 0 Å². The summed E-state index contributed by atoms with van der Waals surface area (Å²) >= 11 is 0. The van der Waals surface area contributed by atoms with Gasteiger partial charge in [0, 0.05) is 38.1 Å². The summed E-state index contributed by atoms with van der Waals surface area (Å²) in [5.74, 6) is 0. The molecule has 1 aromatic heterocycles. The zero-order valence-electron chi connectivity index (χ0n) is 10.6. The molecule has 0 unspecified atom stereocenters. The summed E-state index contributed by atoms with van der Waals surface area (Å²) in [4.78, 5) is 22.2. The number of aromatic nitrogens is 2. The van der Waals surface area contributed by atoms with Gasteiger partial charge in [0.15, 0.2) is 0 Å². The van der Waals surface area contributed by atoms with Crippen LogP contribution in [0, 0.1) is 0 Å². The second kappa shape index (κ2) is 6.39. The fourth-order valence-corrected chi connectivity index (χ4v) is 2.26. The molecule has 100 valence electrons. The number of aromatic amines is 1. The third-order valence-corrected chi connectivity index (χ3v) is 3.41. The van der Waals surface area contributed by atoms with Crippen molar-refractivity contribution >= 4 is 6.03 Å². The number of hydrogen-bond donors (Lipinski definition) is 2. The lowest BCUT2D eigenvalue weighted by Crippen LogP contribution is -2.50. The average molecular weight is 251 g/mol. The Morgan fingerprint density at radius 1 is 1.33 bits per heavy atom. The van der Waals surface area contributed by atoms with Gasteiger partial charge in [-0.1, -0.05) is 0 Å². The average Bonchev–Trinajstić information content (AvgIpc) is 2.88. The number of aryl methyl sites for hydroxylation is 1. The highest BCUT2D eigenvalue weighted by Crippen LogP contribution is 2.05. The van der Waals surface area contributed by atoms with E-state index in [1.807, 2.05) is 6.20 Å². The number of imidazole rings is 1. The predicted molar refractivity (Wildman–Crippen MR) is 69.1 cm³/mol. The molecule has 0 radical (unpaired) electrons. The number of nitrogens with one attached hydrogen (secondary N) is 1. The molecule has 0 bridgehead atoms. The number of urea groups is 1. The summed E-state index contributed by atoms with van der Waals surface area (Å²) in [5, 5.41) is 0. The normalized spacial score (nSPS) is 17.0. The lowest BCUT2D eigenvalue weighted by molar-refractivity contribution is 0.143. The molecule has 1 saturated heterocycles. The van der Waals surface area contributed by atoms with E-state index in [0.29, 0.717) is 0 Å². The second-order valence-electron chi connectivity index (χ2n) is 4.70. The number of rotatable bonds is 5. The lowest BCUT2D eigenvalue weighted by atomic mass is 10.2. The minimum absolute atomic E-state index is 0.297. The van der Waals surface area contributed by atoms with Crippen LogP contribution in [0.1, 0.15) is 18.5 Å². The summed E-state index contributed by atoms with van der Waals surface area (Å²) in [7, 11) is 0. The first-order valence-electron chi connectivity index (χ1n) is 6.49. The number of nitrogens with two attached hydrogens (primary N) is 1. The van der Waals surface area contributed by atoms with E-state index in [9.17, 15) is 4.79 Å². The van der Waals surface area contributed by atoms with E-state index >= 15 is 0 Å². The van der Waals surface area contributed by atoms with Gasteiger partial charge in [0.2, 0.25) is 0 Å². The standard InChI is InChI=1S/C12H21N5O/c13-12(18)17-7-5-16(6-8-17)4-2-1-3-11-9-14-10-15-11/h9-10H,1-8H2,(H2,13,18)(H,14,15). The number of hydrogen-bond acceptors (Lipinski definition) is 3. The predicted octanol–water partition coefficient (Wildman–Crippen LogP) is 0.429. The minimum Gasteiger partial charge on any atom is -0.351 e. The minimum atomic E-state index is -0.297. The highest BCUT2D eigenvalue weighted by Gasteiger charge is 2.18. The molecule has 2 amide bonds. The Morgan fingerprint density at radius 3 is 2.72 bits per heavy atom. The van der Waals surface area contributed by atoms with Gasteiger partial charge >= 0.3 is 6.03 Å². The van der Waals surface area contributed by atoms with Crippen molar-refractivity contribution in [2.24, 2.45) is 5.73 Å². The van der Waals surface area contributed by atoms with Gasteiger partial charge < -0.3 is 15.6 Å². The van der Waals surface area contributed by atoms with Crippen LogP contribution in [0.2, 0.25) is 0 Å². The van der Waals surface area contributed by atoms with Crippen LogP contribution in [0.3, 0.4) is 0 Å². The van der Waals surface area contributed by atoms with Crippen LogP contribution in [0.25, 0.3) is 0 Å². The van der Waals surface area contributed by atoms with E-state index in [1.165, 1.54) is 12.1 Å². The van der Waals surface area contributed by atoms with Crippen LogP contribution in [0.4, 0.5) is 4.79 Å². The topological polar surface area (TPSA) is 78.2 Å². The smallest absolute Gasteiger partial charge is 0.314 e. The van der Waals surface area contributed by atoms with Crippen molar-refractivity contribution in [2.45, 2.75) is 19.3 Å². The van der Waals surface area contributed by atoms with Gasteiger partial charge in [-0.3, -0.25) is 4.90 Å². The Morgan fingerprint density at radius 2 is 2.11 bits per heavy atom. The van der Waals surface area contributed by atoms with Gasteiger partial charge in [-0.05, 0) is 25.8 Å². The number of piperazine rings is 1. The molecular weight excluding hydrogens is 230 g/mol. The molecule has 1 aliphatic heterocycles. The SMILES string of the molecule is NC(=O)N1CCN(CCCCc2cnc[nH]2)CC1. The van der Waals surface area contributed by atoms with E-state index < -0.39 is 0 Å². The van der Waals surface area contributed by atoms with Gasteiger partial charge in [-0.25, -0.2) is 9.78 Å². The van der Waals surface area contributed by atoms with E-state index in [4.69, 9.17) is 5.73 Å². The molecule has 0 aromatic carbocycles. The number of carbonyl (C=O) groups excluding carboxylic acids is 1. The van der Waals surface area contributed by atoms with Crippen molar-refractivity contribution in [2.75, 3.05) is 32.7 Å². The fraction of sp³-hybridized carbons (Fsp3) is 0.667. The molecule has 0 spiro atoms. The third-order valence-electron chi connectivity index (χ3n) is 3.41. The van der Waals surface area contributed by atoms with Crippen molar-refractivity contribution in [3.8, 4) is 0 Å². The number of nitrogens with zero attached hydrogens (tertiary/aromatic N) is 3. The van der Waals surface area contributed by atoms with E-state index in [-0.39, 0.29) is 6.03 Å². The maximum atomic E-state index is 11.0. The van der Waals surface area contributed by atoms with Crippen LogP contribution in [-0.4, -0.2) is 58.5 Å². The zero-order valence-corrected chi connectivity index (χ0v) is 10.6. The molecule has 1 aliphatic rings. The highest BCUT2D eigenvalue weighted by molar-refractivity contribution is 5.72. The van der Waals surface area contributed by atoms with Gasteiger partial charge in [-0.2, -0.15) is 0 Å². The first-order valence-corrected chi connectivity index (χ1v) is 6.49. The summed E-state index contributed by atoms with van der Waals surface area (Å²) in [5.41, 5.74) is 6.45. The van der Waals surface area contributed by atoms with Gasteiger partial charge in [-0.15, -0.1) is 0 Å². The van der Waals surface area contributed by atoms with Crippen molar-refractivity contribution < 1.29 is 4.79 Å². The molecule has 0 atom stereocenters. The molecule has 6 nitrogen and oxygen atoms in total. The largest absolute Gasteiger partial charge is 0.351 e. The first-order chi connectivity index (χ1) is 8.75. The summed E-state index contributed by atoms with van der Waals surface area (Å²) in [6.07, 6.45) is 7.00. The molecule has 6 heteroatoms. The summed E-state index contributed by atoms with van der Waals surface area (Å²) < 4.78 is 0. The number of H-pyrrole nitrogens is 1. The van der Waals surface area contributed by atoms with Crippen molar-refractivity contribution in [3.63, 3.8) is 0 Å². The third kappa shape index (κ3) is 3.73. The maximum absolute atomic E-state index is 11.0.